The second-order valence-electron chi connectivity index (χ2n) is 5.51. The molecule has 0 bridgehead atoms. The van der Waals surface area contributed by atoms with Crippen molar-refractivity contribution in [3.05, 3.63) is 53.6 Å². The van der Waals surface area contributed by atoms with Crippen molar-refractivity contribution in [2.45, 2.75) is 13.5 Å². The first-order valence-electron chi connectivity index (χ1n) is 7.36. The highest BCUT2D eigenvalue weighted by atomic mass is 16.4. The fourth-order valence-electron chi connectivity index (χ4n) is 2.68. The molecule has 24 heavy (non-hydrogen) atoms. The molecule has 0 saturated heterocycles. The van der Waals surface area contributed by atoms with E-state index in [2.05, 4.69) is 10.3 Å². The molecule has 6 heteroatoms. The molecule has 6 nitrogen and oxygen atoms in total. The minimum Gasteiger partial charge on any atom is -0.478 e. The zero-order valence-corrected chi connectivity index (χ0v) is 13.0. The number of aromatic nitrogens is 1. The molecule has 0 aliphatic rings. The van der Waals surface area contributed by atoms with Gasteiger partial charge in [-0.2, -0.15) is 0 Å². The summed E-state index contributed by atoms with van der Waals surface area (Å²) in [5, 5.41) is 21.9. The first-order valence-corrected chi connectivity index (χ1v) is 7.36. The summed E-state index contributed by atoms with van der Waals surface area (Å²) in [6, 6.07) is 12.2. The van der Waals surface area contributed by atoms with Crippen LogP contribution in [0.4, 0.5) is 5.69 Å². The number of carbonyl (C=O) groups excluding carboxylic acids is 1. The topological polar surface area (TPSA) is 102 Å². The lowest BCUT2D eigenvalue weighted by Crippen LogP contribution is -2.07. The number of anilines is 1. The number of aromatic amines is 1. The molecule has 4 N–H and O–H groups in total. The van der Waals surface area contributed by atoms with Crippen LogP contribution in [0.2, 0.25) is 0 Å². The Kier molecular flexibility index (Phi) is 4.05. The van der Waals surface area contributed by atoms with Crippen molar-refractivity contribution in [2.24, 2.45) is 0 Å². The minimum absolute atomic E-state index is 0.0683. The number of hydrogen-bond donors (Lipinski definition) is 4. The lowest BCUT2D eigenvalue weighted by atomic mass is 10.1. The van der Waals surface area contributed by atoms with Crippen LogP contribution in [0.25, 0.3) is 22.2 Å². The zero-order valence-electron chi connectivity index (χ0n) is 13.0. The Bertz CT molecular complexity index is 943. The smallest absolute Gasteiger partial charge is 0.336 e. The molecule has 0 aliphatic heterocycles. The molecule has 3 rings (SSSR count). The Morgan fingerprint density at radius 1 is 1.17 bits per heavy atom. The summed E-state index contributed by atoms with van der Waals surface area (Å²) in [7, 11) is 0. The Hall–Kier alpha value is -3.12. The molecule has 0 saturated carbocycles. The summed E-state index contributed by atoms with van der Waals surface area (Å²) in [5.41, 5.74) is 3.49. The van der Waals surface area contributed by atoms with Gasteiger partial charge >= 0.3 is 5.97 Å². The van der Waals surface area contributed by atoms with E-state index >= 15 is 0 Å². The zero-order chi connectivity index (χ0) is 17.3. The lowest BCUT2D eigenvalue weighted by Gasteiger charge is -2.04. The second kappa shape index (κ2) is 6.17. The average molecular weight is 324 g/mol. The molecular weight excluding hydrogens is 308 g/mol. The molecule has 0 spiro atoms. The molecule has 1 amide bonds. The number of rotatable bonds is 4. The van der Waals surface area contributed by atoms with Crippen molar-refractivity contribution < 1.29 is 19.8 Å². The van der Waals surface area contributed by atoms with Crippen LogP contribution in [0.15, 0.2) is 42.5 Å². The fraction of sp³-hybridized carbons (Fsp3) is 0.111. The molecule has 2 aromatic carbocycles. The minimum atomic E-state index is -1.07. The predicted molar refractivity (Wildman–Crippen MR) is 90.9 cm³/mol. The number of H-pyrrole nitrogens is 1. The summed E-state index contributed by atoms with van der Waals surface area (Å²) in [5.74, 6) is -1.34. The van der Waals surface area contributed by atoms with Gasteiger partial charge in [-0.25, -0.2) is 4.79 Å². The molecule has 0 aliphatic carbocycles. The second-order valence-corrected chi connectivity index (χ2v) is 5.51. The van der Waals surface area contributed by atoms with E-state index in [1.54, 1.807) is 12.1 Å². The third-order valence-corrected chi connectivity index (χ3v) is 3.71. The van der Waals surface area contributed by atoms with E-state index in [-0.39, 0.29) is 18.1 Å². The van der Waals surface area contributed by atoms with Crippen LogP contribution >= 0.6 is 0 Å². The monoisotopic (exact) mass is 324 g/mol. The number of hydrogen-bond acceptors (Lipinski definition) is 3. The molecule has 0 atom stereocenters. The Morgan fingerprint density at radius 2 is 1.96 bits per heavy atom. The van der Waals surface area contributed by atoms with Crippen LogP contribution in [-0.2, 0) is 11.4 Å². The van der Waals surface area contributed by atoms with Crippen molar-refractivity contribution in [2.75, 3.05) is 5.32 Å². The number of carboxylic acids is 1. The molecular formula is C18H16N2O4. The van der Waals surface area contributed by atoms with Crippen LogP contribution in [0.1, 0.15) is 22.8 Å². The number of carboxylic acid groups (broad SMARTS) is 1. The number of carbonyl (C=O) groups is 2. The van der Waals surface area contributed by atoms with Crippen molar-refractivity contribution in [3.8, 4) is 11.3 Å². The van der Waals surface area contributed by atoms with Gasteiger partial charge in [-0.3, -0.25) is 4.79 Å². The van der Waals surface area contributed by atoms with Gasteiger partial charge in [0.2, 0.25) is 5.91 Å². The maximum atomic E-state index is 11.5. The van der Waals surface area contributed by atoms with Crippen LogP contribution in [0.5, 0.6) is 0 Å². The summed E-state index contributed by atoms with van der Waals surface area (Å²) < 4.78 is 0. The number of benzene rings is 2. The largest absolute Gasteiger partial charge is 0.478 e. The van der Waals surface area contributed by atoms with Crippen LogP contribution in [-0.4, -0.2) is 27.1 Å². The van der Waals surface area contributed by atoms with Crippen molar-refractivity contribution >= 4 is 28.5 Å². The number of aromatic carboxylic acids is 1. The first kappa shape index (κ1) is 15.8. The lowest BCUT2D eigenvalue weighted by molar-refractivity contribution is -0.114. The molecule has 0 radical (unpaired) electrons. The summed E-state index contributed by atoms with van der Waals surface area (Å²) in [6.45, 7) is 1.30. The van der Waals surface area contributed by atoms with E-state index in [9.17, 15) is 19.8 Å². The van der Waals surface area contributed by atoms with E-state index in [0.717, 1.165) is 16.8 Å². The quantitative estimate of drug-likeness (QED) is 0.592. The molecule has 1 heterocycles. The van der Waals surface area contributed by atoms with Gasteiger partial charge in [-0.1, -0.05) is 18.2 Å². The van der Waals surface area contributed by atoms with Crippen LogP contribution in [0, 0.1) is 0 Å². The van der Waals surface area contributed by atoms with Gasteiger partial charge in [0.15, 0.2) is 0 Å². The Labute approximate surface area is 137 Å². The predicted octanol–water partition coefficient (Wildman–Crippen LogP) is 2.98. The third kappa shape index (κ3) is 3.00. The standard InChI is InChI=1S/C18H16N2O4/c1-10(22)19-13-6-15(18(23)24)14-8-16(20-17(14)7-13)12-4-2-3-11(5-12)9-21/h2-8,20-21H,9H2,1H3,(H,19,22)(H,23,24). The first-order chi connectivity index (χ1) is 11.5. The van der Waals surface area contributed by atoms with Crippen LogP contribution < -0.4 is 5.32 Å². The maximum Gasteiger partial charge on any atom is 0.336 e. The Balaban J connectivity index is 2.17. The van der Waals surface area contributed by atoms with Crippen molar-refractivity contribution in [1.82, 2.24) is 4.98 Å². The highest BCUT2D eigenvalue weighted by Crippen LogP contribution is 2.30. The molecule has 122 valence electrons. The van der Waals surface area contributed by atoms with Crippen LogP contribution in [0.3, 0.4) is 0 Å². The van der Waals surface area contributed by atoms with Gasteiger partial charge < -0.3 is 20.5 Å². The fourth-order valence-corrected chi connectivity index (χ4v) is 2.68. The van der Waals surface area contributed by atoms with E-state index in [4.69, 9.17) is 0 Å². The Morgan fingerprint density at radius 3 is 2.62 bits per heavy atom. The molecule has 1 aromatic heterocycles. The van der Waals surface area contributed by atoms with E-state index in [1.807, 2.05) is 24.3 Å². The van der Waals surface area contributed by atoms with Crippen molar-refractivity contribution in [3.63, 3.8) is 0 Å². The normalized spacial score (nSPS) is 10.8. The average Bonchev–Trinajstić information content (AvgIpc) is 2.97. The van der Waals surface area contributed by atoms with Gasteiger partial charge in [0, 0.05) is 29.2 Å². The number of fused-ring (bicyclic) bond motifs is 1. The molecule has 0 unspecified atom stereocenters. The highest BCUT2D eigenvalue weighted by molar-refractivity contribution is 6.07. The molecule has 0 fully saturated rings. The third-order valence-electron chi connectivity index (χ3n) is 3.71. The number of aliphatic hydroxyl groups excluding tert-OH is 1. The van der Waals surface area contributed by atoms with E-state index in [0.29, 0.717) is 16.6 Å². The summed E-state index contributed by atoms with van der Waals surface area (Å²) in [6.07, 6.45) is 0. The highest BCUT2D eigenvalue weighted by Gasteiger charge is 2.14. The maximum absolute atomic E-state index is 11.5. The number of amides is 1. The van der Waals surface area contributed by atoms with Gasteiger partial charge in [0.1, 0.15) is 0 Å². The van der Waals surface area contributed by atoms with Crippen molar-refractivity contribution in [1.29, 1.82) is 0 Å². The van der Waals surface area contributed by atoms with Gasteiger partial charge in [0.05, 0.1) is 12.2 Å². The van der Waals surface area contributed by atoms with E-state index in [1.165, 1.54) is 13.0 Å². The van der Waals surface area contributed by atoms with E-state index < -0.39 is 5.97 Å². The van der Waals surface area contributed by atoms with Gasteiger partial charge in [0.25, 0.3) is 0 Å². The number of aliphatic hydroxyl groups is 1. The van der Waals surface area contributed by atoms with Gasteiger partial charge in [-0.05, 0) is 35.4 Å². The molecule has 3 aromatic rings. The number of nitrogens with one attached hydrogen (secondary N) is 2. The van der Waals surface area contributed by atoms with Gasteiger partial charge in [-0.15, -0.1) is 0 Å². The summed E-state index contributed by atoms with van der Waals surface area (Å²) >= 11 is 0. The SMILES string of the molecule is CC(=O)Nc1cc(C(=O)O)c2cc(-c3cccc(CO)c3)[nH]c2c1. The summed E-state index contributed by atoms with van der Waals surface area (Å²) in [4.78, 5) is 26.0.